The summed E-state index contributed by atoms with van der Waals surface area (Å²) in [5, 5.41) is 22.4. The third-order valence-electron chi connectivity index (χ3n) is 4.66. The summed E-state index contributed by atoms with van der Waals surface area (Å²) in [4.78, 5) is 13.6. The first-order valence-corrected chi connectivity index (χ1v) is 8.64. The molecule has 0 radical (unpaired) electrons. The molecule has 7 heteroatoms. The molecule has 0 saturated carbocycles. The number of aliphatic hydroxyl groups is 2. The number of rotatable bonds is 7. The van der Waals surface area contributed by atoms with Gasteiger partial charge in [-0.2, -0.15) is 0 Å². The molecule has 1 fully saturated rings. The Morgan fingerprint density at radius 1 is 1.24 bits per heavy atom. The lowest BCUT2D eigenvalue weighted by atomic mass is 9.88. The van der Waals surface area contributed by atoms with Crippen LogP contribution >= 0.6 is 0 Å². The highest BCUT2D eigenvalue weighted by molar-refractivity contribution is 5.82. The SMILES string of the molecule is CCNC(=O)C1C(F)C(O)C(O)C(CF)N1CCCc1ccccc1. The monoisotopic (exact) mass is 356 g/mol. The van der Waals surface area contributed by atoms with E-state index in [1.807, 2.05) is 30.3 Å². The normalized spacial score (nSPS) is 30.2. The van der Waals surface area contributed by atoms with Crippen molar-refractivity contribution in [1.82, 2.24) is 10.2 Å². The molecule has 0 aliphatic carbocycles. The second-order valence-corrected chi connectivity index (χ2v) is 6.31. The largest absolute Gasteiger partial charge is 0.389 e. The average Bonchev–Trinajstić information content (AvgIpc) is 2.61. The van der Waals surface area contributed by atoms with E-state index in [-0.39, 0.29) is 6.54 Å². The minimum atomic E-state index is -1.97. The van der Waals surface area contributed by atoms with E-state index in [0.717, 1.165) is 5.56 Å². The van der Waals surface area contributed by atoms with Gasteiger partial charge in [0.25, 0.3) is 0 Å². The van der Waals surface area contributed by atoms with Crippen molar-refractivity contribution >= 4 is 5.91 Å². The van der Waals surface area contributed by atoms with E-state index in [1.165, 1.54) is 4.90 Å². The van der Waals surface area contributed by atoms with Gasteiger partial charge in [-0.15, -0.1) is 0 Å². The Kier molecular flexibility index (Phi) is 7.28. The van der Waals surface area contributed by atoms with Crippen LogP contribution in [0, 0.1) is 0 Å². The van der Waals surface area contributed by atoms with Gasteiger partial charge < -0.3 is 15.5 Å². The Morgan fingerprint density at radius 3 is 2.52 bits per heavy atom. The Morgan fingerprint density at radius 2 is 1.92 bits per heavy atom. The summed E-state index contributed by atoms with van der Waals surface area (Å²) < 4.78 is 28.0. The summed E-state index contributed by atoms with van der Waals surface area (Å²) in [7, 11) is 0. The molecule has 0 spiro atoms. The molecule has 1 aliphatic heterocycles. The van der Waals surface area contributed by atoms with Crippen molar-refractivity contribution in [2.45, 2.75) is 50.2 Å². The Labute approximate surface area is 146 Å². The Bertz CT molecular complexity index is 546. The van der Waals surface area contributed by atoms with Gasteiger partial charge in [0.2, 0.25) is 5.91 Å². The van der Waals surface area contributed by atoms with Crippen LogP contribution in [0.25, 0.3) is 0 Å². The van der Waals surface area contributed by atoms with Crippen LogP contribution < -0.4 is 5.32 Å². The van der Waals surface area contributed by atoms with Gasteiger partial charge in [0.1, 0.15) is 24.9 Å². The number of carbonyl (C=O) groups excluding carboxylic acids is 1. The minimum Gasteiger partial charge on any atom is -0.389 e. The fourth-order valence-corrected chi connectivity index (χ4v) is 3.36. The lowest BCUT2D eigenvalue weighted by molar-refractivity contribution is -0.161. The summed E-state index contributed by atoms with van der Waals surface area (Å²) in [6.07, 6.45) is -4.05. The maximum absolute atomic E-state index is 14.5. The molecule has 2 rings (SSSR count). The molecule has 1 amide bonds. The smallest absolute Gasteiger partial charge is 0.240 e. The molecule has 1 aromatic carbocycles. The van der Waals surface area contributed by atoms with E-state index in [0.29, 0.717) is 19.4 Å². The highest BCUT2D eigenvalue weighted by Crippen LogP contribution is 2.28. The molecule has 1 aliphatic rings. The minimum absolute atomic E-state index is 0.246. The van der Waals surface area contributed by atoms with Crippen LogP contribution in [0.15, 0.2) is 30.3 Å². The molecular weight excluding hydrogens is 330 g/mol. The standard InChI is InChI=1S/C18H26F2N2O3/c1-2-21-18(25)15-14(20)17(24)16(23)13(11-19)22(15)10-6-9-12-7-4-3-5-8-12/h3-5,7-8,13-17,23-24H,2,6,9-11H2,1H3,(H,21,25). The first-order valence-electron chi connectivity index (χ1n) is 8.64. The first-order chi connectivity index (χ1) is 12.0. The highest BCUT2D eigenvalue weighted by atomic mass is 19.1. The van der Waals surface area contributed by atoms with Crippen LogP contribution in [0.3, 0.4) is 0 Å². The molecule has 0 aromatic heterocycles. The number of likely N-dealkylation sites (N-methyl/N-ethyl adjacent to an activating group) is 1. The van der Waals surface area contributed by atoms with Crippen molar-refractivity contribution in [3.05, 3.63) is 35.9 Å². The Balaban J connectivity index is 2.13. The molecule has 25 heavy (non-hydrogen) atoms. The number of carbonyl (C=O) groups is 1. The molecule has 1 heterocycles. The molecule has 5 unspecified atom stereocenters. The van der Waals surface area contributed by atoms with Crippen LogP contribution in [0.2, 0.25) is 0 Å². The first kappa shape index (κ1) is 19.8. The van der Waals surface area contributed by atoms with Gasteiger partial charge >= 0.3 is 0 Å². The predicted octanol–water partition coefficient (Wildman–Crippen LogP) is 0.837. The van der Waals surface area contributed by atoms with E-state index in [1.54, 1.807) is 6.92 Å². The summed E-state index contributed by atoms with van der Waals surface area (Å²) in [5.41, 5.74) is 1.09. The molecule has 140 valence electrons. The average molecular weight is 356 g/mol. The number of hydrogen-bond acceptors (Lipinski definition) is 4. The van der Waals surface area contributed by atoms with E-state index in [2.05, 4.69) is 5.32 Å². The van der Waals surface area contributed by atoms with Gasteiger partial charge in [-0.1, -0.05) is 30.3 Å². The molecule has 5 nitrogen and oxygen atoms in total. The molecule has 1 aromatic rings. The van der Waals surface area contributed by atoms with Crippen molar-refractivity contribution in [2.24, 2.45) is 0 Å². The number of benzene rings is 1. The number of amides is 1. The number of nitrogens with zero attached hydrogens (tertiary/aromatic N) is 1. The van der Waals surface area contributed by atoms with Gasteiger partial charge in [0.15, 0.2) is 6.17 Å². The Hall–Kier alpha value is -1.57. The fraction of sp³-hybridized carbons (Fsp3) is 0.611. The van der Waals surface area contributed by atoms with E-state index >= 15 is 0 Å². The number of aliphatic hydroxyl groups excluding tert-OH is 2. The van der Waals surface area contributed by atoms with Crippen LogP contribution in [0.1, 0.15) is 18.9 Å². The van der Waals surface area contributed by atoms with Crippen LogP contribution in [-0.2, 0) is 11.2 Å². The molecule has 3 N–H and O–H groups in total. The number of alkyl halides is 2. The van der Waals surface area contributed by atoms with Gasteiger partial charge in [-0.3, -0.25) is 9.69 Å². The topological polar surface area (TPSA) is 72.8 Å². The second-order valence-electron chi connectivity index (χ2n) is 6.31. The summed E-state index contributed by atoms with van der Waals surface area (Å²) in [6, 6.07) is 7.23. The lowest BCUT2D eigenvalue weighted by Gasteiger charge is -2.46. The van der Waals surface area contributed by atoms with Gasteiger partial charge in [-0.25, -0.2) is 8.78 Å². The molecule has 1 saturated heterocycles. The zero-order chi connectivity index (χ0) is 18.4. The van der Waals surface area contributed by atoms with Crippen LogP contribution in [0.5, 0.6) is 0 Å². The zero-order valence-corrected chi connectivity index (χ0v) is 14.3. The lowest BCUT2D eigenvalue weighted by Crippen LogP contribution is -2.69. The molecular formula is C18H26F2N2O3. The number of likely N-dealkylation sites (tertiary alicyclic amines) is 1. The van der Waals surface area contributed by atoms with E-state index in [4.69, 9.17) is 0 Å². The summed E-state index contributed by atoms with van der Waals surface area (Å²) >= 11 is 0. The van der Waals surface area contributed by atoms with Gasteiger partial charge in [-0.05, 0) is 31.9 Å². The third-order valence-corrected chi connectivity index (χ3v) is 4.66. The zero-order valence-electron chi connectivity index (χ0n) is 14.3. The number of piperidine rings is 1. The van der Waals surface area contributed by atoms with Crippen LogP contribution in [-0.4, -0.2) is 71.2 Å². The van der Waals surface area contributed by atoms with Crippen molar-refractivity contribution in [3.63, 3.8) is 0 Å². The number of hydrogen-bond donors (Lipinski definition) is 3. The highest BCUT2D eigenvalue weighted by Gasteiger charge is 2.51. The van der Waals surface area contributed by atoms with Gasteiger partial charge in [0, 0.05) is 6.54 Å². The quantitative estimate of drug-likeness (QED) is 0.677. The van der Waals surface area contributed by atoms with Crippen molar-refractivity contribution in [2.75, 3.05) is 19.8 Å². The van der Waals surface area contributed by atoms with Gasteiger partial charge in [0.05, 0.1) is 6.04 Å². The predicted molar refractivity (Wildman–Crippen MR) is 90.6 cm³/mol. The maximum atomic E-state index is 14.5. The maximum Gasteiger partial charge on any atom is 0.240 e. The third kappa shape index (κ3) is 4.54. The fourth-order valence-electron chi connectivity index (χ4n) is 3.36. The van der Waals surface area contributed by atoms with E-state index in [9.17, 15) is 23.8 Å². The number of halogens is 2. The second kappa shape index (κ2) is 9.22. The number of aryl methyl sites for hydroxylation is 1. The van der Waals surface area contributed by atoms with Crippen molar-refractivity contribution < 1.29 is 23.8 Å². The van der Waals surface area contributed by atoms with Crippen LogP contribution in [0.4, 0.5) is 8.78 Å². The van der Waals surface area contributed by atoms with E-state index < -0.39 is 43.0 Å². The number of nitrogens with one attached hydrogen (secondary N) is 1. The van der Waals surface area contributed by atoms with Crippen molar-refractivity contribution in [1.29, 1.82) is 0 Å². The molecule has 5 atom stereocenters. The molecule has 0 bridgehead atoms. The summed E-state index contributed by atoms with van der Waals surface area (Å²) in [6.45, 7) is 1.28. The van der Waals surface area contributed by atoms with Crippen molar-refractivity contribution in [3.8, 4) is 0 Å². The summed E-state index contributed by atoms with van der Waals surface area (Å²) in [5.74, 6) is -0.598.